The monoisotopic (exact) mass is 371 g/mol. The highest BCUT2D eigenvalue weighted by Gasteiger charge is 2.11. The van der Waals surface area contributed by atoms with Crippen LogP contribution >= 0.6 is 15.9 Å². The number of halogens is 1. The fourth-order valence-electron chi connectivity index (χ4n) is 1.72. The van der Waals surface area contributed by atoms with Crippen LogP contribution < -0.4 is 20.9 Å². The first-order chi connectivity index (χ1) is 9.81. The van der Waals surface area contributed by atoms with Crippen molar-refractivity contribution >= 4 is 43.0 Å². The van der Waals surface area contributed by atoms with Crippen molar-refractivity contribution < 1.29 is 13.2 Å². The molecule has 0 spiro atoms. The topological polar surface area (TPSA) is 107 Å². The lowest BCUT2D eigenvalue weighted by molar-refractivity contribution is 0.412. The molecule has 0 aliphatic heterocycles. The van der Waals surface area contributed by atoms with Crippen molar-refractivity contribution in [2.24, 2.45) is 5.14 Å². The van der Waals surface area contributed by atoms with Gasteiger partial charge >= 0.3 is 0 Å². The summed E-state index contributed by atoms with van der Waals surface area (Å²) < 4.78 is 28.6. The molecule has 0 unspecified atom stereocenters. The van der Waals surface area contributed by atoms with E-state index in [-0.39, 0.29) is 4.90 Å². The van der Waals surface area contributed by atoms with E-state index >= 15 is 0 Å². The Bertz CT molecular complexity index is 778. The predicted octanol–water partition coefficient (Wildman–Crippen LogP) is 2.43. The summed E-state index contributed by atoms with van der Waals surface area (Å²) in [4.78, 5) is -0.00761. The van der Waals surface area contributed by atoms with Crippen LogP contribution in [0.4, 0.5) is 17.1 Å². The lowest BCUT2D eigenvalue weighted by Crippen LogP contribution is -2.12. The average molecular weight is 372 g/mol. The molecule has 2 aromatic carbocycles. The second-order valence-corrected chi connectivity index (χ2v) is 6.68. The molecule has 0 aliphatic rings. The van der Waals surface area contributed by atoms with Gasteiger partial charge in [-0.15, -0.1) is 0 Å². The SMILES string of the molecule is COc1ccc(Nc2cc(S(N)(=O)=O)ccc2N)cc1Br. The summed E-state index contributed by atoms with van der Waals surface area (Å²) in [5, 5.41) is 8.16. The van der Waals surface area contributed by atoms with Crippen LogP contribution in [0.2, 0.25) is 0 Å². The Morgan fingerprint density at radius 2 is 1.90 bits per heavy atom. The van der Waals surface area contributed by atoms with Crippen molar-refractivity contribution in [2.45, 2.75) is 4.90 Å². The number of nitrogen functional groups attached to an aromatic ring is 1. The van der Waals surface area contributed by atoms with Gasteiger partial charge in [-0.2, -0.15) is 0 Å². The number of nitrogens with one attached hydrogen (secondary N) is 1. The Morgan fingerprint density at radius 3 is 2.48 bits per heavy atom. The van der Waals surface area contributed by atoms with Gasteiger partial charge in [-0.25, -0.2) is 13.6 Å². The molecule has 112 valence electrons. The van der Waals surface area contributed by atoms with Crippen molar-refractivity contribution in [2.75, 3.05) is 18.2 Å². The number of methoxy groups -OCH3 is 1. The van der Waals surface area contributed by atoms with E-state index in [1.807, 2.05) is 0 Å². The minimum Gasteiger partial charge on any atom is -0.496 e. The molecule has 0 radical (unpaired) electrons. The van der Waals surface area contributed by atoms with Gasteiger partial charge in [-0.05, 0) is 52.3 Å². The summed E-state index contributed by atoms with van der Waals surface area (Å²) in [5.41, 5.74) is 7.43. The quantitative estimate of drug-likeness (QED) is 0.715. The number of anilines is 3. The van der Waals surface area contributed by atoms with Gasteiger partial charge in [-0.3, -0.25) is 0 Å². The van der Waals surface area contributed by atoms with Crippen LogP contribution in [0.3, 0.4) is 0 Å². The number of hydrogen-bond donors (Lipinski definition) is 3. The zero-order valence-electron chi connectivity index (χ0n) is 11.1. The molecule has 2 rings (SSSR count). The Balaban J connectivity index is 2.37. The van der Waals surface area contributed by atoms with Gasteiger partial charge in [-0.1, -0.05) is 0 Å². The Kier molecular flexibility index (Phi) is 4.40. The Labute approximate surface area is 131 Å². The van der Waals surface area contributed by atoms with Crippen LogP contribution in [-0.2, 0) is 10.0 Å². The van der Waals surface area contributed by atoms with Gasteiger partial charge in [0, 0.05) is 5.69 Å². The third-order valence-corrected chi connectivity index (χ3v) is 4.31. The minimum absolute atomic E-state index is 0.00761. The first-order valence-electron chi connectivity index (χ1n) is 5.84. The van der Waals surface area contributed by atoms with E-state index in [9.17, 15) is 8.42 Å². The number of hydrogen-bond acceptors (Lipinski definition) is 5. The molecular weight excluding hydrogens is 358 g/mol. The standard InChI is InChI=1S/C13H14BrN3O3S/c1-20-13-5-2-8(6-10(13)14)17-12-7-9(21(16,18)19)3-4-11(12)15/h2-7,17H,15H2,1H3,(H2,16,18,19). The lowest BCUT2D eigenvalue weighted by atomic mass is 10.2. The molecule has 0 saturated carbocycles. The highest BCUT2D eigenvalue weighted by atomic mass is 79.9. The highest BCUT2D eigenvalue weighted by Crippen LogP contribution is 2.31. The predicted molar refractivity (Wildman–Crippen MR) is 86.2 cm³/mol. The first kappa shape index (κ1) is 15.6. The van der Waals surface area contributed by atoms with Gasteiger partial charge in [0.15, 0.2) is 0 Å². The third-order valence-electron chi connectivity index (χ3n) is 2.78. The van der Waals surface area contributed by atoms with Gasteiger partial charge in [0.25, 0.3) is 0 Å². The van der Waals surface area contributed by atoms with Crippen LogP contribution in [-0.4, -0.2) is 15.5 Å². The van der Waals surface area contributed by atoms with E-state index < -0.39 is 10.0 Å². The summed E-state index contributed by atoms with van der Waals surface area (Å²) in [6.07, 6.45) is 0. The highest BCUT2D eigenvalue weighted by molar-refractivity contribution is 9.10. The minimum atomic E-state index is -3.78. The molecule has 0 heterocycles. The van der Waals surface area contributed by atoms with Gasteiger partial charge in [0.05, 0.1) is 27.9 Å². The number of benzene rings is 2. The van der Waals surface area contributed by atoms with Crippen LogP contribution in [0.25, 0.3) is 0 Å². The first-order valence-corrected chi connectivity index (χ1v) is 8.18. The molecule has 8 heteroatoms. The molecule has 0 bridgehead atoms. The molecule has 0 aromatic heterocycles. The summed E-state index contributed by atoms with van der Waals surface area (Å²) in [5.74, 6) is 0.687. The van der Waals surface area contributed by atoms with E-state index in [2.05, 4.69) is 21.2 Å². The Hall–Kier alpha value is -1.77. The lowest BCUT2D eigenvalue weighted by Gasteiger charge is -2.12. The molecular formula is C13H14BrN3O3S. The van der Waals surface area contributed by atoms with E-state index in [1.54, 1.807) is 25.3 Å². The average Bonchev–Trinajstić information content (AvgIpc) is 2.40. The summed E-state index contributed by atoms with van der Waals surface area (Å²) in [6.45, 7) is 0. The largest absolute Gasteiger partial charge is 0.496 e. The van der Waals surface area contributed by atoms with Crippen LogP contribution in [0, 0.1) is 0 Å². The number of nitrogens with two attached hydrogens (primary N) is 2. The number of primary sulfonamides is 1. The van der Waals surface area contributed by atoms with Crippen molar-refractivity contribution in [3.8, 4) is 5.75 Å². The maximum absolute atomic E-state index is 11.4. The molecule has 0 saturated heterocycles. The smallest absolute Gasteiger partial charge is 0.238 e. The van der Waals surface area contributed by atoms with E-state index in [1.165, 1.54) is 18.2 Å². The summed E-state index contributed by atoms with van der Waals surface area (Å²) >= 11 is 3.37. The van der Waals surface area contributed by atoms with Crippen LogP contribution in [0.15, 0.2) is 45.8 Å². The Morgan fingerprint density at radius 1 is 1.19 bits per heavy atom. The molecule has 0 amide bonds. The molecule has 0 atom stereocenters. The number of sulfonamides is 1. The van der Waals surface area contributed by atoms with Gasteiger partial charge in [0.2, 0.25) is 10.0 Å². The molecule has 0 fully saturated rings. The summed E-state index contributed by atoms with van der Waals surface area (Å²) in [6, 6.07) is 9.59. The normalized spacial score (nSPS) is 11.2. The van der Waals surface area contributed by atoms with Crippen molar-refractivity contribution in [3.63, 3.8) is 0 Å². The van der Waals surface area contributed by atoms with Gasteiger partial charge < -0.3 is 15.8 Å². The maximum Gasteiger partial charge on any atom is 0.238 e. The molecule has 0 aliphatic carbocycles. The van der Waals surface area contributed by atoms with E-state index in [0.29, 0.717) is 17.1 Å². The summed E-state index contributed by atoms with van der Waals surface area (Å²) in [7, 11) is -2.21. The second-order valence-electron chi connectivity index (χ2n) is 4.27. The molecule has 5 N–H and O–H groups in total. The maximum atomic E-state index is 11.4. The van der Waals surface area contributed by atoms with Crippen LogP contribution in [0.5, 0.6) is 5.75 Å². The fraction of sp³-hybridized carbons (Fsp3) is 0.0769. The van der Waals surface area contributed by atoms with Gasteiger partial charge in [0.1, 0.15) is 5.75 Å². The second kappa shape index (κ2) is 5.92. The van der Waals surface area contributed by atoms with E-state index in [4.69, 9.17) is 15.6 Å². The number of ether oxygens (including phenoxy) is 1. The third kappa shape index (κ3) is 3.66. The fourth-order valence-corrected chi connectivity index (χ4v) is 2.80. The zero-order valence-corrected chi connectivity index (χ0v) is 13.5. The molecule has 2 aromatic rings. The molecule has 6 nitrogen and oxygen atoms in total. The zero-order chi connectivity index (χ0) is 15.6. The van der Waals surface area contributed by atoms with Crippen molar-refractivity contribution in [3.05, 3.63) is 40.9 Å². The van der Waals surface area contributed by atoms with E-state index in [0.717, 1.165) is 10.2 Å². The molecule has 21 heavy (non-hydrogen) atoms. The number of rotatable bonds is 4. The van der Waals surface area contributed by atoms with Crippen molar-refractivity contribution in [1.82, 2.24) is 0 Å². The van der Waals surface area contributed by atoms with Crippen LogP contribution in [0.1, 0.15) is 0 Å². The van der Waals surface area contributed by atoms with Crippen molar-refractivity contribution in [1.29, 1.82) is 0 Å².